The Balaban J connectivity index is 1.68. The lowest BCUT2D eigenvalue weighted by atomic mass is 10.1. The van der Waals surface area contributed by atoms with Crippen molar-refractivity contribution >= 4 is 11.9 Å². The third-order valence-electron chi connectivity index (χ3n) is 3.89. The number of carbonyl (C=O) groups excluding carboxylic acids is 1. The van der Waals surface area contributed by atoms with Crippen LogP contribution in [-0.4, -0.2) is 59.6 Å². The number of hydrogen-bond acceptors (Lipinski definition) is 6. The number of anilines is 1. The monoisotopic (exact) mass is 327 g/mol. The van der Waals surface area contributed by atoms with Gasteiger partial charge in [-0.05, 0) is 17.7 Å². The van der Waals surface area contributed by atoms with Crippen molar-refractivity contribution in [2.24, 2.45) is 0 Å². The highest BCUT2D eigenvalue weighted by molar-refractivity contribution is 5.78. The average molecular weight is 327 g/mol. The molecular formula is C17H21N5O2. The molecule has 0 N–H and O–H groups in total. The number of aromatic nitrogens is 3. The van der Waals surface area contributed by atoms with Crippen LogP contribution in [0, 0.1) is 0 Å². The molecule has 2 aromatic heterocycles. The van der Waals surface area contributed by atoms with E-state index in [1.165, 1.54) is 0 Å². The van der Waals surface area contributed by atoms with Crippen molar-refractivity contribution in [2.45, 2.75) is 12.5 Å². The molecule has 7 nitrogen and oxygen atoms in total. The molecule has 0 radical (unpaired) electrons. The fraction of sp³-hybridized carbons (Fsp3) is 0.412. The summed E-state index contributed by atoms with van der Waals surface area (Å²) >= 11 is 0. The largest absolute Gasteiger partial charge is 0.368 e. The van der Waals surface area contributed by atoms with Crippen LogP contribution in [0.2, 0.25) is 0 Å². The number of morpholine rings is 1. The van der Waals surface area contributed by atoms with Crippen LogP contribution in [0.4, 0.5) is 5.95 Å². The van der Waals surface area contributed by atoms with Gasteiger partial charge in [0.2, 0.25) is 11.9 Å². The summed E-state index contributed by atoms with van der Waals surface area (Å²) in [4.78, 5) is 29.0. The first-order valence-electron chi connectivity index (χ1n) is 7.92. The second-order valence-electron chi connectivity index (χ2n) is 5.91. The molecule has 0 saturated carbocycles. The summed E-state index contributed by atoms with van der Waals surface area (Å²) in [5, 5.41) is 0. The quantitative estimate of drug-likeness (QED) is 0.837. The number of hydrogen-bond donors (Lipinski definition) is 0. The van der Waals surface area contributed by atoms with Gasteiger partial charge in [-0.2, -0.15) is 0 Å². The Morgan fingerprint density at radius 1 is 1.38 bits per heavy atom. The van der Waals surface area contributed by atoms with Gasteiger partial charge in [0.25, 0.3) is 0 Å². The molecule has 126 valence electrons. The number of amides is 1. The summed E-state index contributed by atoms with van der Waals surface area (Å²) in [5.41, 5.74) is 1.72. The van der Waals surface area contributed by atoms with Gasteiger partial charge in [0.05, 0.1) is 25.3 Å². The summed E-state index contributed by atoms with van der Waals surface area (Å²) in [7, 11) is 3.79. The lowest BCUT2D eigenvalue weighted by molar-refractivity contribution is -0.138. The molecule has 7 heteroatoms. The zero-order valence-electron chi connectivity index (χ0n) is 13.9. The lowest BCUT2D eigenvalue weighted by Crippen LogP contribution is -2.43. The summed E-state index contributed by atoms with van der Waals surface area (Å²) in [6.07, 6.45) is 5.28. The van der Waals surface area contributed by atoms with Crippen molar-refractivity contribution in [1.29, 1.82) is 0 Å². The molecule has 1 unspecified atom stereocenters. The van der Waals surface area contributed by atoms with Crippen LogP contribution in [0.3, 0.4) is 0 Å². The molecule has 1 atom stereocenters. The van der Waals surface area contributed by atoms with Gasteiger partial charge in [0.15, 0.2) is 0 Å². The van der Waals surface area contributed by atoms with Crippen LogP contribution in [0.25, 0.3) is 0 Å². The van der Waals surface area contributed by atoms with Crippen LogP contribution >= 0.6 is 0 Å². The smallest absolute Gasteiger partial charge is 0.227 e. The Bertz CT molecular complexity index is 692. The standard InChI is InChI=1S/C17H21N5O2/c1-21(2)17-19-7-5-14(20-17)15-12-22(8-9-24-15)16(23)10-13-4-3-6-18-11-13/h3-7,11,15H,8-10,12H2,1-2H3. The lowest BCUT2D eigenvalue weighted by Gasteiger charge is -2.33. The van der Waals surface area contributed by atoms with Crippen LogP contribution in [-0.2, 0) is 16.0 Å². The maximum atomic E-state index is 12.5. The third-order valence-corrected chi connectivity index (χ3v) is 3.89. The third kappa shape index (κ3) is 3.86. The van der Waals surface area contributed by atoms with E-state index in [0.29, 0.717) is 32.1 Å². The summed E-state index contributed by atoms with van der Waals surface area (Å²) in [6, 6.07) is 5.60. The first kappa shape index (κ1) is 16.3. The summed E-state index contributed by atoms with van der Waals surface area (Å²) in [5.74, 6) is 0.716. The predicted molar refractivity (Wildman–Crippen MR) is 89.6 cm³/mol. The highest BCUT2D eigenvalue weighted by Crippen LogP contribution is 2.22. The minimum atomic E-state index is -0.224. The molecule has 3 rings (SSSR count). The molecule has 24 heavy (non-hydrogen) atoms. The van der Waals surface area contributed by atoms with Gasteiger partial charge < -0.3 is 14.5 Å². The van der Waals surface area contributed by atoms with Crippen LogP contribution in [0.1, 0.15) is 17.4 Å². The fourth-order valence-electron chi connectivity index (χ4n) is 2.60. The Kier molecular flexibility index (Phi) is 5.00. The zero-order chi connectivity index (χ0) is 16.9. The van der Waals surface area contributed by atoms with Crippen molar-refractivity contribution in [3.63, 3.8) is 0 Å². The van der Waals surface area contributed by atoms with Crippen molar-refractivity contribution in [3.8, 4) is 0 Å². The van der Waals surface area contributed by atoms with Gasteiger partial charge in [0, 0.05) is 39.2 Å². The molecule has 2 aromatic rings. The molecule has 0 spiro atoms. The van der Waals surface area contributed by atoms with Crippen LogP contribution in [0.5, 0.6) is 0 Å². The first-order valence-corrected chi connectivity index (χ1v) is 7.92. The summed E-state index contributed by atoms with van der Waals surface area (Å²) in [6.45, 7) is 1.61. The van der Waals surface area contributed by atoms with Crippen molar-refractivity contribution < 1.29 is 9.53 Å². The van der Waals surface area contributed by atoms with Crippen LogP contribution in [0.15, 0.2) is 36.8 Å². The van der Waals surface area contributed by atoms with E-state index in [0.717, 1.165) is 11.3 Å². The molecule has 1 fully saturated rings. The van der Waals surface area contributed by atoms with Crippen molar-refractivity contribution in [2.75, 3.05) is 38.7 Å². The minimum absolute atomic E-state index is 0.0817. The van der Waals surface area contributed by atoms with Gasteiger partial charge in [-0.1, -0.05) is 6.07 Å². The summed E-state index contributed by atoms with van der Waals surface area (Å²) < 4.78 is 5.81. The highest BCUT2D eigenvalue weighted by Gasteiger charge is 2.26. The first-order chi connectivity index (χ1) is 11.6. The Labute approximate surface area is 141 Å². The molecular weight excluding hydrogens is 306 g/mol. The minimum Gasteiger partial charge on any atom is -0.368 e. The maximum absolute atomic E-state index is 12.5. The van der Waals surface area contributed by atoms with E-state index >= 15 is 0 Å². The number of pyridine rings is 1. The second kappa shape index (κ2) is 7.35. The van der Waals surface area contributed by atoms with Gasteiger partial charge in [0.1, 0.15) is 6.10 Å². The van der Waals surface area contributed by atoms with Crippen LogP contribution < -0.4 is 4.90 Å². The zero-order valence-corrected chi connectivity index (χ0v) is 13.9. The van der Waals surface area contributed by atoms with E-state index < -0.39 is 0 Å². The molecule has 1 aliphatic rings. The highest BCUT2D eigenvalue weighted by atomic mass is 16.5. The molecule has 0 bridgehead atoms. The van der Waals surface area contributed by atoms with E-state index in [1.54, 1.807) is 18.6 Å². The SMILES string of the molecule is CN(C)c1nccc(C2CN(C(=O)Cc3cccnc3)CCO2)n1. The maximum Gasteiger partial charge on any atom is 0.227 e. The topological polar surface area (TPSA) is 71.5 Å². The Morgan fingerprint density at radius 2 is 2.25 bits per heavy atom. The predicted octanol–water partition coefficient (Wildman–Crippen LogP) is 1.08. The van der Waals surface area contributed by atoms with E-state index in [-0.39, 0.29) is 12.0 Å². The normalized spacial score (nSPS) is 17.6. The number of carbonyl (C=O) groups is 1. The van der Waals surface area contributed by atoms with Crippen molar-refractivity contribution in [3.05, 3.63) is 48.0 Å². The number of ether oxygens (including phenoxy) is 1. The molecule has 3 heterocycles. The van der Waals surface area contributed by atoms with Gasteiger partial charge in [-0.25, -0.2) is 9.97 Å². The van der Waals surface area contributed by atoms with Crippen molar-refractivity contribution in [1.82, 2.24) is 19.9 Å². The second-order valence-corrected chi connectivity index (χ2v) is 5.91. The van der Waals surface area contributed by atoms with E-state index in [2.05, 4.69) is 15.0 Å². The van der Waals surface area contributed by atoms with Gasteiger partial charge >= 0.3 is 0 Å². The molecule has 0 aromatic carbocycles. The fourth-order valence-corrected chi connectivity index (χ4v) is 2.60. The van der Waals surface area contributed by atoms with Gasteiger partial charge in [-0.15, -0.1) is 0 Å². The van der Waals surface area contributed by atoms with Gasteiger partial charge in [-0.3, -0.25) is 9.78 Å². The Morgan fingerprint density at radius 3 is 3.00 bits per heavy atom. The molecule has 1 saturated heterocycles. The molecule has 1 aliphatic heterocycles. The van der Waals surface area contributed by atoms with E-state index in [9.17, 15) is 4.79 Å². The number of nitrogens with zero attached hydrogens (tertiary/aromatic N) is 5. The Hall–Kier alpha value is -2.54. The van der Waals surface area contributed by atoms with E-state index in [4.69, 9.17) is 4.74 Å². The number of rotatable bonds is 4. The molecule has 0 aliphatic carbocycles. The van der Waals surface area contributed by atoms with E-state index in [1.807, 2.05) is 42.1 Å². The molecule has 1 amide bonds. The average Bonchev–Trinajstić information content (AvgIpc) is 2.63.